The standard InChI is InChI=1S/C18H22N4O3/c1-18(2,3)25-14(23)11-19-17(24)15-20-16(12-9-10-12)22(21-15)13-7-5-4-6-8-13/h4-8,12H,9-11H2,1-3H3,(H,19,24). The van der Waals surface area contributed by atoms with E-state index in [9.17, 15) is 9.59 Å². The zero-order valence-electron chi connectivity index (χ0n) is 14.7. The summed E-state index contributed by atoms with van der Waals surface area (Å²) in [5.74, 6) is 0.205. The van der Waals surface area contributed by atoms with Crippen molar-refractivity contribution in [2.45, 2.75) is 45.1 Å². The largest absolute Gasteiger partial charge is 0.459 e. The summed E-state index contributed by atoms with van der Waals surface area (Å²) >= 11 is 0. The molecular weight excluding hydrogens is 320 g/mol. The molecular formula is C18H22N4O3. The van der Waals surface area contributed by atoms with Crippen LogP contribution in [0.3, 0.4) is 0 Å². The van der Waals surface area contributed by atoms with Crippen LogP contribution in [0.1, 0.15) is 56.0 Å². The van der Waals surface area contributed by atoms with Gasteiger partial charge in [0.2, 0.25) is 5.82 Å². The zero-order valence-corrected chi connectivity index (χ0v) is 14.7. The van der Waals surface area contributed by atoms with Crippen LogP contribution in [0, 0.1) is 0 Å². The number of benzene rings is 1. The SMILES string of the molecule is CC(C)(C)OC(=O)CNC(=O)c1nc(C2CC2)n(-c2ccccc2)n1. The predicted octanol–water partition coefficient (Wildman–Crippen LogP) is 2.22. The van der Waals surface area contributed by atoms with E-state index >= 15 is 0 Å². The highest BCUT2D eigenvalue weighted by Crippen LogP contribution is 2.39. The average molecular weight is 342 g/mol. The summed E-state index contributed by atoms with van der Waals surface area (Å²) < 4.78 is 6.88. The topological polar surface area (TPSA) is 86.1 Å². The molecule has 0 saturated heterocycles. The number of nitrogens with one attached hydrogen (secondary N) is 1. The number of esters is 1. The van der Waals surface area contributed by atoms with Gasteiger partial charge in [0.25, 0.3) is 5.91 Å². The minimum absolute atomic E-state index is 0.0642. The Bertz CT molecular complexity index is 773. The van der Waals surface area contributed by atoms with Crippen LogP contribution in [0.25, 0.3) is 5.69 Å². The van der Waals surface area contributed by atoms with Gasteiger partial charge in [0.15, 0.2) is 0 Å². The lowest BCUT2D eigenvalue weighted by atomic mass is 10.2. The summed E-state index contributed by atoms with van der Waals surface area (Å²) in [4.78, 5) is 28.4. The summed E-state index contributed by atoms with van der Waals surface area (Å²) in [6.07, 6.45) is 2.09. The number of hydrogen-bond acceptors (Lipinski definition) is 5. The maximum Gasteiger partial charge on any atom is 0.325 e. The molecule has 25 heavy (non-hydrogen) atoms. The Morgan fingerprint density at radius 2 is 1.92 bits per heavy atom. The van der Waals surface area contributed by atoms with E-state index in [2.05, 4.69) is 15.4 Å². The van der Waals surface area contributed by atoms with Crippen molar-refractivity contribution < 1.29 is 14.3 Å². The molecule has 1 N–H and O–H groups in total. The van der Waals surface area contributed by atoms with E-state index in [4.69, 9.17) is 4.74 Å². The van der Waals surface area contributed by atoms with Gasteiger partial charge in [-0.25, -0.2) is 9.67 Å². The third-order valence-electron chi connectivity index (χ3n) is 3.59. The number of hydrogen-bond donors (Lipinski definition) is 1. The average Bonchev–Trinajstić information content (AvgIpc) is 3.30. The van der Waals surface area contributed by atoms with E-state index < -0.39 is 17.5 Å². The van der Waals surface area contributed by atoms with Crippen molar-refractivity contribution >= 4 is 11.9 Å². The number of nitrogens with zero attached hydrogens (tertiary/aromatic N) is 3. The summed E-state index contributed by atoms with van der Waals surface area (Å²) in [6.45, 7) is 5.11. The minimum atomic E-state index is -0.589. The van der Waals surface area contributed by atoms with E-state index in [0.717, 1.165) is 24.4 Å². The van der Waals surface area contributed by atoms with Crippen molar-refractivity contribution in [2.24, 2.45) is 0 Å². The van der Waals surface area contributed by atoms with Crippen LogP contribution in [-0.4, -0.2) is 38.8 Å². The molecule has 1 amide bonds. The number of carbonyl (C=O) groups excluding carboxylic acids is 2. The molecule has 0 spiro atoms. The van der Waals surface area contributed by atoms with Gasteiger partial charge >= 0.3 is 5.97 Å². The first-order valence-corrected chi connectivity index (χ1v) is 8.36. The minimum Gasteiger partial charge on any atom is -0.459 e. The Morgan fingerprint density at radius 3 is 2.52 bits per heavy atom. The molecule has 132 valence electrons. The molecule has 1 saturated carbocycles. The molecule has 7 nitrogen and oxygen atoms in total. The molecule has 1 heterocycles. The Kier molecular flexibility index (Phi) is 4.57. The second-order valence-corrected chi connectivity index (χ2v) is 7.08. The van der Waals surface area contributed by atoms with E-state index in [1.807, 2.05) is 30.3 Å². The highest BCUT2D eigenvalue weighted by molar-refractivity contribution is 5.92. The number of ether oxygens (including phenoxy) is 1. The highest BCUT2D eigenvalue weighted by atomic mass is 16.6. The number of amides is 1. The normalized spacial score (nSPS) is 14.2. The maximum absolute atomic E-state index is 12.3. The lowest BCUT2D eigenvalue weighted by molar-refractivity contribution is -0.153. The van der Waals surface area contributed by atoms with Gasteiger partial charge in [-0.15, -0.1) is 5.10 Å². The number of para-hydroxylation sites is 1. The molecule has 1 aromatic carbocycles. The van der Waals surface area contributed by atoms with Gasteiger partial charge in [0.05, 0.1) is 5.69 Å². The third kappa shape index (κ3) is 4.43. The van der Waals surface area contributed by atoms with Crippen molar-refractivity contribution in [3.05, 3.63) is 42.0 Å². The van der Waals surface area contributed by atoms with Crippen LogP contribution >= 0.6 is 0 Å². The van der Waals surface area contributed by atoms with Gasteiger partial charge in [-0.1, -0.05) is 18.2 Å². The van der Waals surface area contributed by atoms with Crippen LogP contribution in [-0.2, 0) is 9.53 Å². The number of carbonyl (C=O) groups is 2. The Hall–Kier alpha value is -2.70. The molecule has 0 atom stereocenters. The smallest absolute Gasteiger partial charge is 0.325 e. The predicted molar refractivity (Wildman–Crippen MR) is 91.5 cm³/mol. The highest BCUT2D eigenvalue weighted by Gasteiger charge is 2.31. The summed E-state index contributed by atoms with van der Waals surface area (Å²) in [7, 11) is 0. The van der Waals surface area contributed by atoms with E-state index in [1.165, 1.54) is 0 Å². The first-order valence-electron chi connectivity index (χ1n) is 8.36. The maximum atomic E-state index is 12.3. The molecule has 0 aliphatic heterocycles. The second kappa shape index (κ2) is 6.66. The van der Waals surface area contributed by atoms with E-state index in [1.54, 1.807) is 25.5 Å². The number of rotatable bonds is 5. The zero-order chi connectivity index (χ0) is 18.0. The molecule has 1 fully saturated rings. The first-order chi connectivity index (χ1) is 11.8. The van der Waals surface area contributed by atoms with E-state index in [0.29, 0.717) is 5.92 Å². The molecule has 0 bridgehead atoms. The third-order valence-corrected chi connectivity index (χ3v) is 3.59. The van der Waals surface area contributed by atoms with E-state index in [-0.39, 0.29) is 12.4 Å². The Labute approximate surface area is 146 Å². The van der Waals surface area contributed by atoms with Crippen LogP contribution in [0.2, 0.25) is 0 Å². The second-order valence-electron chi connectivity index (χ2n) is 7.08. The Balaban J connectivity index is 1.72. The summed E-state index contributed by atoms with van der Waals surface area (Å²) in [5, 5.41) is 6.86. The van der Waals surface area contributed by atoms with Crippen molar-refractivity contribution in [2.75, 3.05) is 6.54 Å². The van der Waals surface area contributed by atoms with Gasteiger partial charge in [-0.2, -0.15) is 0 Å². The lowest BCUT2D eigenvalue weighted by Gasteiger charge is -2.19. The number of aromatic nitrogens is 3. The van der Waals surface area contributed by atoms with Gasteiger partial charge in [-0.3, -0.25) is 9.59 Å². The van der Waals surface area contributed by atoms with Crippen LogP contribution in [0.5, 0.6) is 0 Å². The quantitative estimate of drug-likeness (QED) is 0.842. The monoisotopic (exact) mass is 342 g/mol. The van der Waals surface area contributed by atoms with Crippen molar-refractivity contribution in [3.8, 4) is 5.69 Å². The van der Waals surface area contributed by atoms with Crippen molar-refractivity contribution in [1.29, 1.82) is 0 Å². The van der Waals surface area contributed by atoms with Crippen LogP contribution in [0.4, 0.5) is 0 Å². The summed E-state index contributed by atoms with van der Waals surface area (Å²) in [5.41, 5.74) is 0.275. The molecule has 2 aromatic rings. The van der Waals surface area contributed by atoms with Crippen molar-refractivity contribution in [3.63, 3.8) is 0 Å². The fraction of sp³-hybridized carbons (Fsp3) is 0.444. The van der Waals surface area contributed by atoms with Gasteiger partial charge in [0, 0.05) is 5.92 Å². The fourth-order valence-electron chi connectivity index (χ4n) is 2.39. The van der Waals surface area contributed by atoms with Crippen molar-refractivity contribution in [1.82, 2.24) is 20.1 Å². The molecule has 1 aromatic heterocycles. The molecule has 0 unspecified atom stereocenters. The molecule has 3 rings (SSSR count). The van der Waals surface area contributed by atoms with Gasteiger partial charge < -0.3 is 10.1 Å². The van der Waals surface area contributed by atoms with Crippen LogP contribution < -0.4 is 5.32 Å². The first kappa shape index (κ1) is 17.1. The fourth-order valence-corrected chi connectivity index (χ4v) is 2.39. The lowest BCUT2D eigenvalue weighted by Crippen LogP contribution is -2.35. The van der Waals surface area contributed by atoms with Gasteiger partial charge in [0.1, 0.15) is 18.0 Å². The van der Waals surface area contributed by atoms with Gasteiger partial charge in [-0.05, 0) is 45.7 Å². The summed E-state index contributed by atoms with van der Waals surface area (Å²) in [6, 6.07) is 9.59. The molecule has 7 heteroatoms. The molecule has 0 radical (unpaired) electrons. The Morgan fingerprint density at radius 1 is 1.24 bits per heavy atom. The molecule has 1 aliphatic carbocycles. The molecule has 1 aliphatic rings. The van der Waals surface area contributed by atoms with Crippen LogP contribution in [0.15, 0.2) is 30.3 Å².